The van der Waals surface area contributed by atoms with E-state index in [1.165, 1.54) is 42.1 Å². The molecule has 3 rings (SSSR count). The van der Waals surface area contributed by atoms with Crippen molar-refractivity contribution in [1.82, 2.24) is 5.43 Å². The minimum absolute atomic E-state index is 0.0436. The van der Waals surface area contributed by atoms with Gasteiger partial charge in [0, 0.05) is 11.0 Å². The Balaban J connectivity index is 1.85. The molecule has 0 bridgehead atoms. The number of hydrogen-bond donors (Lipinski definition) is 1. The molecule has 0 fully saturated rings. The molecule has 34 heavy (non-hydrogen) atoms. The van der Waals surface area contributed by atoms with Crippen LogP contribution in [0.4, 0.5) is 11.4 Å². The lowest BCUT2D eigenvalue weighted by Gasteiger charge is -2.24. The summed E-state index contributed by atoms with van der Waals surface area (Å²) in [5.74, 6) is -0.709. The van der Waals surface area contributed by atoms with Crippen molar-refractivity contribution in [3.63, 3.8) is 0 Å². The Labute approximate surface area is 201 Å². The molecule has 9 nitrogen and oxygen atoms in total. The van der Waals surface area contributed by atoms with Gasteiger partial charge in [-0.25, -0.2) is 13.8 Å². The Bertz CT molecular complexity index is 1310. The lowest BCUT2D eigenvalue weighted by molar-refractivity contribution is -0.385. The van der Waals surface area contributed by atoms with E-state index in [9.17, 15) is 23.3 Å². The van der Waals surface area contributed by atoms with Crippen LogP contribution in [0.15, 0.2) is 87.7 Å². The maximum absolute atomic E-state index is 13.4. The zero-order chi connectivity index (χ0) is 24.7. The quantitative estimate of drug-likeness (QED) is 0.206. The first-order valence-electron chi connectivity index (χ1n) is 10.0. The molecule has 1 N–H and O–H groups in total. The number of nitrogens with zero attached hydrogens (tertiary/aromatic N) is 3. The smallest absolute Gasteiger partial charge is 0.271 e. The first-order chi connectivity index (χ1) is 16.2. The van der Waals surface area contributed by atoms with Gasteiger partial charge in [0.2, 0.25) is 0 Å². The summed E-state index contributed by atoms with van der Waals surface area (Å²) in [6, 6.07) is 19.0. The molecule has 0 atom stereocenters. The highest BCUT2D eigenvalue weighted by Gasteiger charge is 2.27. The lowest BCUT2D eigenvalue weighted by atomic mass is 10.2. The standard InChI is InChI=1S/C23H22N4O5S2/c1-17-7-9-19(10-8-17)26(34(31,32)21-13-11-20(33-2)12-14-21)16-23(28)25-24-15-18-5-3-4-6-22(18)27(29)30/h3-15H,16H2,1-2H3,(H,25,28)/b24-15-. The van der Waals surface area contributed by atoms with E-state index in [1.807, 2.05) is 13.2 Å². The molecule has 0 aliphatic rings. The van der Waals surface area contributed by atoms with Crippen molar-refractivity contribution in [2.75, 3.05) is 17.1 Å². The number of carbonyl (C=O) groups excluding carboxylic acids is 1. The van der Waals surface area contributed by atoms with Crippen molar-refractivity contribution in [2.24, 2.45) is 5.10 Å². The van der Waals surface area contributed by atoms with Crippen LogP contribution < -0.4 is 9.73 Å². The molecule has 0 aromatic heterocycles. The zero-order valence-electron chi connectivity index (χ0n) is 18.4. The maximum atomic E-state index is 13.4. The molecule has 1 amide bonds. The number of nitro groups is 1. The van der Waals surface area contributed by atoms with E-state index in [1.54, 1.807) is 42.5 Å². The van der Waals surface area contributed by atoms with Crippen molar-refractivity contribution in [3.8, 4) is 0 Å². The number of aryl methyl sites for hydroxylation is 1. The van der Waals surface area contributed by atoms with Crippen LogP contribution in [0.2, 0.25) is 0 Å². The predicted octanol–water partition coefficient (Wildman–Crippen LogP) is 3.97. The number of rotatable bonds is 9. The second-order valence-corrected chi connectivity index (χ2v) is 9.87. The second-order valence-electron chi connectivity index (χ2n) is 7.13. The van der Waals surface area contributed by atoms with Gasteiger partial charge in [0.15, 0.2) is 0 Å². The number of hydrogen-bond acceptors (Lipinski definition) is 7. The number of thioether (sulfide) groups is 1. The van der Waals surface area contributed by atoms with E-state index in [2.05, 4.69) is 10.5 Å². The van der Waals surface area contributed by atoms with Gasteiger partial charge in [-0.1, -0.05) is 29.8 Å². The molecular formula is C23H22N4O5S2. The fraction of sp³-hybridized carbons (Fsp3) is 0.130. The first-order valence-corrected chi connectivity index (χ1v) is 12.7. The largest absolute Gasteiger partial charge is 0.278 e. The molecule has 11 heteroatoms. The summed E-state index contributed by atoms with van der Waals surface area (Å²) in [5.41, 5.74) is 3.53. The molecule has 0 radical (unpaired) electrons. The summed E-state index contributed by atoms with van der Waals surface area (Å²) >= 11 is 1.48. The van der Waals surface area contributed by atoms with Gasteiger partial charge in [-0.15, -0.1) is 11.8 Å². The van der Waals surface area contributed by atoms with Crippen LogP contribution >= 0.6 is 11.8 Å². The molecule has 0 aliphatic carbocycles. The average Bonchev–Trinajstić information content (AvgIpc) is 2.83. The minimum Gasteiger partial charge on any atom is -0.271 e. The van der Waals surface area contributed by atoms with Crippen LogP contribution in [-0.2, 0) is 14.8 Å². The van der Waals surface area contributed by atoms with Crippen molar-refractivity contribution in [3.05, 3.63) is 94.0 Å². The monoisotopic (exact) mass is 498 g/mol. The van der Waals surface area contributed by atoms with Gasteiger partial charge in [-0.3, -0.25) is 19.2 Å². The SMILES string of the molecule is CSc1ccc(S(=O)(=O)N(CC(=O)N/N=C\c2ccccc2[N+](=O)[O-])c2ccc(C)cc2)cc1. The fourth-order valence-corrected chi connectivity index (χ4v) is 4.83. The number of amides is 1. The maximum Gasteiger partial charge on any atom is 0.278 e. The average molecular weight is 499 g/mol. The van der Waals surface area contributed by atoms with Crippen LogP contribution in [0.5, 0.6) is 0 Å². The Morgan fingerprint density at radius 1 is 1.09 bits per heavy atom. The highest BCUT2D eigenvalue weighted by Crippen LogP contribution is 2.25. The zero-order valence-corrected chi connectivity index (χ0v) is 20.0. The number of hydrazone groups is 1. The van der Waals surface area contributed by atoms with Crippen molar-refractivity contribution < 1.29 is 18.1 Å². The molecule has 176 valence electrons. The fourth-order valence-electron chi connectivity index (χ4n) is 3.00. The van der Waals surface area contributed by atoms with Gasteiger partial charge in [0.1, 0.15) is 6.54 Å². The molecular weight excluding hydrogens is 476 g/mol. The van der Waals surface area contributed by atoms with E-state index in [4.69, 9.17) is 0 Å². The van der Waals surface area contributed by atoms with E-state index in [0.717, 1.165) is 21.0 Å². The minimum atomic E-state index is -4.06. The molecule has 0 aliphatic heterocycles. The highest BCUT2D eigenvalue weighted by molar-refractivity contribution is 7.98. The highest BCUT2D eigenvalue weighted by atomic mass is 32.2. The van der Waals surface area contributed by atoms with Crippen molar-refractivity contribution in [1.29, 1.82) is 0 Å². The predicted molar refractivity (Wildman–Crippen MR) is 133 cm³/mol. The number of carbonyl (C=O) groups is 1. The summed E-state index contributed by atoms with van der Waals surface area (Å²) in [5, 5.41) is 14.9. The number of benzene rings is 3. The Hall–Kier alpha value is -3.70. The first kappa shape index (κ1) is 24.9. The molecule has 3 aromatic rings. The van der Waals surface area contributed by atoms with Crippen molar-refractivity contribution >= 4 is 45.3 Å². The Morgan fingerprint density at radius 2 is 1.74 bits per heavy atom. The van der Waals surface area contributed by atoms with Crippen LogP contribution in [0.3, 0.4) is 0 Å². The Kier molecular flexibility index (Phi) is 8.03. The molecule has 0 heterocycles. The summed E-state index contributed by atoms with van der Waals surface area (Å²) in [4.78, 5) is 24.1. The topological polar surface area (TPSA) is 122 Å². The third-order valence-electron chi connectivity index (χ3n) is 4.78. The summed E-state index contributed by atoms with van der Waals surface area (Å²) in [7, 11) is -4.06. The van der Waals surface area contributed by atoms with Crippen LogP contribution in [0.25, 0.3) is 0 Å². The second kappa shape index (κ2) is 10.9. The number of para-hydroxylation sites is 1. The van der Waals surface area contributed by atoms with Crippen LogP contribution in [-0.4, -0.2) is 38.3 Å². The lowest BCUT2D eigenvalue weighted by Crippen LogP contribution is -2.39. The van der Waals surface area contributed by atoms with Crippen LogP contribution in [0, 0.1) is 17.0 Å². The third kappa shape index (κ3) is 6.00. The number of sulfonamides is 1. The normalized spacial score (nSPS) is 11.4. The summed E-state index contributed by atoms with van der Waals surface area (Å²) in [6.07, 6.45) is 3.03. The molecule has 0 spiro atoms. The van der Waals surface area contributed by atoms with E-state index in [0.29, 0.717) is 5.69 Å². The van der Waals surface area contributed by atoms with Gasteiger partial charge >= 0.3 is 0 Å². The summed E-state index contributed by atoms with van der Waals surface area (Å²) < 4.78 is 27.8. The molecule has 0 saturated heterocycles. The van der Waals surface area contributed by atoms with Gasteiger partial charge in [0.05, 0.1) is 27.3 Å². The number of nitrogens with one attached hydrogen (secondary N) is 1. The van der Waals surface area contributed by atoms with Crippen LogP contribution in [0.1, 0.15) is 11.1 Å². The third-order valence-corrected chi connectivity index (χ3v) is 7.31. The van der Waals surface area contributed by atoms with Gasteiger partial charge in [-0.2, -0.15) is 5.10 Å². The number of anilines is 1. The molecule has 3 aromatic carbocycles. The molecule has 0 unspecified atom stereocenters. The van der Waals surface area contributed by atoms with E-state index >= 15 is 0 Å². The van der Waals surface area contributed by atoms with Crippen molar-refractivity contribution in [2.45, 2.75) is 16.7 Å². The van der Waals surface area contributed by atoms with Gasteiger partial charge in [0.25, 0.3) is 21.6 Å². The number of nitro benzene ring substituents is 1. The Morgan fingerprint density at radius 3 is 2.35 bits per heavy atom. The molecule has 0 saturated carbocycles. The van der Waals surface area contributed by atoms with E-state index in [-0.39, 0.29) is 16.1 Å². The summed E-state index contributed by atoms with van der Waals surface area (Å²) in [6.45, 7) is 1.33. The van der Waals surface area contributed by atoms with E-state index < -0.39 is 27.4 Å². The van der Waals surface area contributed by atoms with Gasteiger partial charge in [-0.05, 0) is 55.6 Å². The van der Waals surface area contributed by atoms with Gasteiger partial charge < -0.3 is 0 Å².